The summed E-state index contributed by atoms with van der Waals surface area (Å²) in [4.78, 5) is 14.9. The normalized spacial score (nSPS) is 12.3. The third kappa shape index (κ3) is 3.61. The third-order valence-electron chi connectivity index (χ3n) is 3.06. The van der Waals surface area contributed by atoms with Crippen LogP contribution in [0, 0.1) is 17.0 Å². The van der Waals surface area contributed by atoms with Crippen molar-refractivity contribution in [2.45, 2.75) is 32.9 Å². The zero-order valence-corrected chi connectivity index (χ0v) is 12.3. The number of nitrogens with one attached hydrogen (secondary N) is 1. The predicted molar refractivity (Wildman–Crippen MR) is 79.8 cm³/mol. The zero-order valence-electron chi connectivity index (χ0n) is 11.5. The van der Waals surface area contributed by atoms with Gasteiger partial charge in [0.2, 0.25) is 0 Å². The lowest BCUT2D eigenvalue weighted by atomic mass is 10.0. The van der Waals surface area contributed by atoms with Gasteiger partial charge in [-0.3, -0.25) is 10.1 Å². The minimum Gasteiger partial charge on any atom is -0.304 e. The fraction of sp³-hybridized carbons (Fsp3) is 0.357. The van der Waals surface area contributed by atoms with E-state index < -0.39 is 0 Å². The van der Waals surface area contributed by atoms with Crippen molar-refractivity contribution < 1.29 is 4.92 Å². The minimum absolute atomic E-state index is 0.0964. The van der Waals surface area contributed by atoms with Gasteiger partial charge in [-0.1, -0.05) is 19.1 Å². The third-order valence-corrected chi connectivity index (χ3v) is 4.02. The van der Waals surface area contributed by atoms with Crippen LogP contribution >= 0.6 is 11.3 Å². The first-order valence-corrected chi connectivity index (χ1v) is 7.37. The van der Waals surface area contributed by atoms with Gasteiger partial charge in [-0.2, -0.15) is 0 Å². The van der Waals surface area contributed by atoms with Crippen LogP contribution in [0.4, 0.5) is 5.69 Å². The Hall–Kier alpha value is -1.79. The molecule has 0 bridgehead atoms. The van der Waals surface area contributed by atoms with E-state index in [1.165, 1.54) is 6.07 Å². The van der Waals surface area contributed by atoms with E-state index in [0.29, 0.717) is 6.54 Å². The summed E-state index contributed by atoms with van der Waals surface area (Å²) < 4.78 is 0. The summed E-state index contributed by atoms with van der Waals surface area (Å²) in [5.74, 6) is 0. The summed E-state index contributed by atoms with van der Waals surface area (Å²) >= 11 is 1.62. The maximum Gasteiger partial charge on any atom is 0.269 e. The number of aromatic nitrogens is 1. The molecule has 1 heterocycles. The Kier molecular flexibility index (Phi) is 4.81. The van der Waals surface area contributed by atoms with Gasteiger partial charge in [0.25, 0.3) is 5.69 Å². The lowest BCUT2D eigenvalue weighted by Gasteiger charge is -2.16. The Morgan fingerprint density at radius 2 is 2.30 bits per heavy atom. The highest BCUT2D eigenvalue weighted by atomic mass is 32.1. The van der Waals surface area contributed by atoms with Gasteiger partial charge in [0.1, 0.15) is 5.01 Å². The summed E-state index contributed by atoms with van der Waals surface area (Å²) in [6, 6.07) is 6.89. The van der Waals surface area contributed by atoms with Crippen LogP contribution in [0.1, 0.15) is 35.7 Å². The summed E-state index contributed by atoms with van der Waals surface area (Å²) in [7, 11) is 0. The average molecular weight is 291 g/mol. The Bertz CT molecular complexity index is 598. The summed E-state index contributed by atoms with van der Waals surface area (Å²) in [6.07, 6.45) is 0.867. The van der Waals surface area contributed by atoms with Crippen molar-refractivity contribution in [3.05, 3.63) is 56.0 Å². The molecule has 1 N–H and O–H groups in total. The van der Waals surface area contributed by atoms with Crippen molar-refractivity contribution in [3.8, 4) is 0 Å². The molecule has 1 atom stereocenters. The second-order valence-corrected chi connectivity index (χ2v) is 5.52. The van der Waals surface area contributed by atoms with Gasteiger partial charge in [-0.05, 0) is 18.9 Å². The SMILES string of the molecule is CCC(NCc1nc(C)cs1)c1cccc([N+](=O)[O-])c1. The van der Waals surface area contributed by atoms with Crippen molar-refractivity contribution in [3.63, 3.8) is 0 Å². The fourth-order valence-corrected chi connectivity index (χ4v) is 2.77. The molecule has 2 aromatic rings. The van der Waals surface area contributed by atoms with E-state index in [2.05, 4.69) is 17.2 Å². The largest absolute Gasteiger partial charge is 0.304 e. The van der Waals surface area contributed by atoms with Crippen molar-refractivity contribution in [1.29, 1.82) is 0 Å². The molecule has 20 heavy (non-hydrogen) atoms. The second kappa shape index (κ2) is 6.58. The molecule has 1 unspecified atom stereocenters. The molecule has 0 spiro atoms. The predicted octanol–water partition coefficient (Wildman–Crippen LogP) is 3.60. The van der Waals surface area contributed by atoms with Gasteiger partial charge in [0.15, 0.2) is 0 Å². The van der Waals surface area contributed by atoms with E-state index in [1.54, 1.807) is 23.5 Å². The maximum absolute atomic E-state index is 10.8. The Morgan fingerprint density at radius 3 is 2.90 bits per heavy atom. The fourth-order valence-electron chi connectivity index (χ4n) is 2.05. The van der Waals surface area contributed by atoms with Crippen LogP contribution in [0.25, 0.3) is 0 Å². The standard InChI is InChI=1S/C14H17N3O2S/c1-3-13(15-8-14-16-10(2)9-20-14)11-5-4-6-12(7-11)17(18)19/h4-7,9,13,15H,3,8H2,1-2H3. The Balaban J connectivity index is 2.07. The number of non-ortho nitro benzene ring substituents is 1. The molecule has 0 aliphatic rings. The van der Waals surface area contributed by atoms with E-state index >= 15 is 0 Å². The Morgan fingerprint density at radius 1 is 1.50 bits per heavy atom. The van der Waals surface area contributed by atoms with Crippen LogP contribution in [0.3, 0.4) is 0 Å². The first-order chi connectivity index (χ1) is 9.60. The highest BCUT2D eigenvalue weighted by Crippen LogP contribution is 2.22. The number of benzene rings is 1. The van der Waals surface area contributed by atoms with Gasteiger partial charge < -0.3 is 5.32 Å². The molecule has 1 aromatic heterocycles. The van der Waals surface area contributed by atoms with E-state index in [4.69, 9.17) is 0 Å². The van der Waals surface area contributed by atoms with Crippen molar-refractivity contribution in [1.82, 2.24) is 10.3 Å². The van der Waals surface area contributed by atoms with Crippen LogP contribution in [0.2, 0.25) is 0 Å². The van der Waals surface area contributed by atoms with Crippen molar-refractivity contribution >= 4 is 17.0 Å². The van der Waals surface area contributed by atoms with Gasteiger partial charge in [0.05, 0.1) is 4.92 Å². The van der Waals surface area contributed by atoms with Crippen LogP contribution in [-0.4, -0.2) is 9.91 Å². The second-order valence-electron chi connectivity index (χ2n) is 4.58. The Labute approximate surface area is 121 Å². The van der Waals surface area contributed by atoms with E-state index in [0.717, 1.165) is 22.7 Å². The van der Waals surface area contributed by atoms with Crippen molar-refractivity contribution in [2.24, 2.45) is 0 Å². The lowest BCUT2D eigenvalue weighted by molar-refractivity contribution is -0.384. The average Bonchev–Trinajstić information content (AvgIpc) is 2.85. The van der Waals surface area contributed by atoms with Gasteiger partial charge in [0, 0.05) is 35.8 Å². The van der Waals surface area contributed by atoms with Crippen LogP contribution < -0.4 is 5.32 Å². The molecule has 0 aliphatic carbocycles. The van der Waals surface area contributed by atoms with Crippen LogP contribution in [0.5, 0.6) is 0 Å². The molecule has 2 rings (SSSR count). The number of thiazole rings is 1. The number of nitro groups is 1. The number of hydrogen-bond donors (Lipinski definition) is 1. The van der Waals surface area contributed by atoms with Gasteiger partial charge >= 0.3 is 0 Å². The van der Waals surface area contributed by atoms with Crippen LogP contribution in [0.15, 0.2) is 29.6 Å². The minimum atomic E-state index is -0.361. The van der Waals surface area contributed by atoms with E-state index in [-0.39, 0.29) is 16.7 Å². The highest BCUT2D eigenvalue weighted by molar-refractivity contribution is 7.09. The molecule has 0 saturated heterocycles. The quantitative estimate of drug-likeness (QED) is 0.652. The topological polar surface area (TPSA) is 68.1 Å². The lowest BCUT2D eigenvalue weighted by Crippen LogP contribution is -2.20. The molecule has 0 amide bonds. The maximum atomic E-state index is 10.8. The highest BCUT2D eigenvalue weighted by Gasteiger charge is 2.13. The van der Waals surface area contributed by atoms with Gasteiger partial charge in [-0.25, -0.2) is 4.98 Å². The van der Waals surface area contributed by atoms with E-state index in [9.17, 15) is 10.1 Å². The number of nitrogens with zero attached hydrogens (tertiary/aromatic N) is 2. The number of aryl methyl sites for hydroxylation is 1. The molecule has 0 fully saturated rings. The molecule has 0 aliphatic heterocycles. The summed E-state index contributed by atoms with van der Waals surface area (Å²) in [6.45, 7) is 4.71. The smallest absolute Gasteiger partial charge is 0.269 e. The molecule has 0 saturated carbocycles. The molecule has 106 valence electrons. The molecule has 1 aromatic carbocycles. The molecule has 6 heteroatoms. The first-order valence-electron chi connectivity index (χ1n) is 6.49. The molecule has 5 nitrogen and oxygen atoms in total. The first kappa shape index (κ1) is 14.6. The monoisotopic (exact) mass is 291 g/mol. The number of rotatable bonds is 6. The van der Waals surface area contributed by atoms with E-state index in [1.807, 2.05) is 18.4 Å². The van der Waals surface area contributed by atoms with Gasteiger partial charge in [-0.15, -0.1) is 11.3 Å². The molecule has 0 radical (unpaired) electrons. The molecular formula is C14H17N3O2S. The summed E-state index contributed by atoms with van der Waals surface area (Å²) in [5.41, 5.74) is 2.10. The number of hydrogen-bond acceptors (Lipinski definition) is 5. The zero-order chi connectivity index (χ0) is 14.5. The van der Waals surface area contributed by atoms with Crippen LogP contribution in [-0.2, 0) is 6.54 Å². The molecular weight excluding hydrogens is 274 g/mol. The summed E-state index contributed by atoms with van der Waals surface area (Å²) in [5, 5.41) is 17.3. The number of nitro benzene ring substituents is 1. The van der Waals surface area contributed by atoms with Crippen molar-refractivity contribution in [2.75, 3.05) is 0 Å².